The van der Waals surface area contributed by atoms with Gasteiger partial charge in [-0.25, -0.2) is 4.68 Å². The van der Waals surface area contributed by atoms with Crippen LogP contribution in [0.25, 0.3) is 15.9 Å². The average molecular weight is 438 g/mol. The van der Waals surface area contributed by atoms with E-state index in [0.29, 0.717) is 6.04 Å². The number of para-hydroxylation sites is 1. The summed E-state index contributed by atoms with van der Waals surface area (Å²) in [5.74, 6) is 0.0586. The summed E-state index contributed by atoms with van der Waals surface area (Å²) in [5, 5.41) is 9.06. The summed E-state index contributed by atoms with van der Waals surface area (Å²) in [5.41, 5.74) is 1.98. The molecule has 2 aliphatic rings. The van der Waals surface area contributed by atoms with Crippen molar-refractivity contribution < 1.29 is 4.79 Å². The van der Waals surface area contributed by atoms with Crippen LogP contribution in [0.3, 0.4) is 0 Å². The van der Waals surface area contributed by atoms with Crippen molar-refractivity contribution in [3.05, 3.63) is 47.0 Å². The Morgan fingerprint density at radius 1 is 1.06 bits per heavy atom. The van der Waals surface area contributed by atoms with Crippen LogP contribution in [0.2, 0.25) is 0 Å². The smallest absolute Gasteiger partial charge is 0.261 e. The van der Waals surface area contributed by atoms with Crippen LogP contribution in [-0.4, -0.2) is 70.8 Å². The number of thiophene rings is 1. The van der Waals surface area contributed by atoms with Crippen molar-refractivity contribution in [1.82, 2.24) is 24.9 Å². The lowest BCUT2D eigenvalue weighted by Crippen LogP contribution is -2.51. The second kappa shape index (κ2) is 8.73. The van der Waals surface area contributed by atoms with E-state index >= 15 is 0 Å². The van der Waals surface area contributed by atoms with Gasteiger partial charge in [-0.05, 0) is 57.9 Å². The third-order valence-electron chi connectivity index (χ3n) is 6.86. The van der Waals surface area contributed by atoms with E-state index < -0.39 is 0 Å². The van der Waals surface area contributed by atoms with Gasteiger partial charge in [-0.15, -0.1) is 11.3 Å². The Hall–Kier alpha value is -2.22. The molecular weight excluding hydrogens is 406 g/mol. The number of aryl methyl sites for hydroxylation is 1. The van der Waals surface area contributed by atoms with Crippen LogP contribution in [-0.2, 0) is 0 Å². The minimum atomic E-state index is 0.0586. The molecule has 1 aliphatic heterocycles. The molecule has 1 N–H and O–H groups in total. The number of fused-ring (bicyclic) bond motifs is 1. The Bertz CT molecular complexity index is 1040. The minimum absolute atomic E-state index is 0.0586. The zero-order valence-electron chi connectivity index (χ0n) is 18.4. The zero-order chi connectivity index (χ0) is 21.4. The number of nitrogens with zero attached hydrogens (tertiary/aromatic N) is 4. The SMILES string of the molecule is Cc1nn(-c2ccccc2)c2sc(C(=O)NC3CCC(N4CCN(C)CC4)CC3)cc12. The zero-order valence-corrected chi connectivity index (χ0v) is 19.2. The van der Waals surface area contributed by atoms with Gasteiger partial charge in [0.05, 0.1) is 16.3 Å². The lowest BCUT2D eigenvalue weighted by atomic mass is 9.89. The van der Waals surface area contributed by atoms with Crippen LogP contribution in [0, 0.1) is 6.92 Å². The Morgan fingerprint density at radius 2 is 1.77 bits per heavy atom. The van der Waals surface area contributed by atoms with Gasteiger partial charge in [0.25, 0.3) is 5.91 Å². The minimum Gasteiger partial charge on any atom is -0.349 e. The highest BCUT2D eigenvalue weighted by atomic mass is 32.1. The van der Waals surface area contributed by atoms with E-state index in [2.05, 4.69) is 27.3 Å². The molecule has 1 saturated carbocycles. The van der Waals surface area contributed by atoms with Crippen LogP contribution in [0.15, 0.2) is 36.4 Å². The Labute approximate surface area is 187 Å². The molecular formula is C24H31N5OS. The number of aromatic nitrogens is 2. The summed E-state index contributed by atoms with van der Waals surface area (Å²) in [6.45, 7) is 6.70. The number of amides is 1. The summed E-state index contributed by atoms with van der Waals surface area (Å²) in [6.07, 6.45) is 4.52. The van der Waals surface area contributed by atoms with Gasteiger partial charge in [-0.3, -0.25) is 9.69 Å². The maximum atomic E-state index is 13.0. The number of hydrogen-bond acceptors (Lipinski definition) is 5. The highest BCUT2D eigenvalue weighted by Crippen LogP contribution is 2.31. The monoisotopic (exact) mass is 437 g/mol. The first kappa shape index (κ1) is 20.7. The van der Waals surface area contributed by atoms with E-state index in [1.165, 1.54) is 50.4 Å². The molecule has 0 spiro atoms. The van der Waals surface area contributed by atoms with Gasteiger partial charge in [-0.1, -0.05) is 18.2 Å². The summed E-state index contributed by atoms with van der Waals surface area (Å²) in [4.78, 5) is 19.9. The summed E-state index contributed by atoms with van der Waals surface area (Å²) in [7, 11) is 2.21. The molecule has 7 heteroatoms. The largest absolute Gasteiger partial charge is 0.349 e. The van der Waals surface area contributed by atoms with Gasteiger partial charge in [0.1, 0.15) is 4.83 Å². The van der Waals surface area contributed by atoms with E-state index in [4.69, 9.17) is 0 Å². The van der Waals surface area contributed by atoms with Gasteiger partial charge in [0.15, 0.2) is 0 Å². The Morgan fingerprint density at radius 3 is 2.48 bits per heavy atom. The van der Waals surface area contributed by atoms with Gasteiger partial charge in [0, 0.05) is 43.6 Å². The van der Waals surface area contributed by atoms with Gasteiger partial charge in [0.2, 0.25) is 0 Å². The van der Waals surface area contributed by atoms with Crippen molar-refractivity contribution in [2.75, 3.05) is 33.2 Å². The molecule has 1 aliphatic carbocycles. The third kappa shape index (κ3) is 4.27. The molecule has 1 aromatic carbocycles. The number of likely N-dealkylation sites (N-methyl/N-ethyl adjacent to an activating group) is 1. The van der Waals surface area contributed by atoms with E-state index in [-0.39, 0.29) is 11.9 Å². The van der Waals surface area contributed by atoms with Gasteiger partial charge in [-0.2, -0.15) is 5.10 Å². The third-order valence-corrected chi connectivity index (χ3v) is 7.96. The van der Waals surface area contributed by atoms with Crippen molar-refractivity contribution >= 4 is 27.5 Å². The highest BCUT2D eigenvalue weighted by Gasteiger charge is 2.29. The Balaban J connectivity index is 1.23. The van der Waals surface area contributed by atoms with Crippen molar-refractivity contribution in [3.63, 3.8) is 0 Å². The standard InChI is InChI=1S/C24H31N5OS/c1-17-21-16-22(31-24(21)29(26-17)20-6-4-3-5-7-20)23(30)25-18-8-10-19(11-9-18)28-14-12-27(2)13-15-28/h3-7,16,18-19H,8-15H2,1-2H3,(H,25,30). The number of carbonyl (C=O) groups is 1. The number of rotatable bonds is 4. The van der Waals surface area contributed by atoms with E-state index in [9.17, 15) is 4.79 Å². The average Bonchev–Trinajstić information content (AvgIpc) is 3.36. The fourth-order valence-corrected chi connectivity index (χ4v) is 6.02. The van der Waals surface area contributed by atoms with Crippen molar-refractivity contribution in [2.45, 2.75) is 44.7 Å². The van der Waals surface area contributed by atoms with E-state index in [0.717, 1.165) is 39.3 Å². The van der Waals surface area contributed by atoms with Crippen LogP contribution < -0.4 is 5.32 Å². The van der Waals surface area contributed by atoms with Gasteiger partial charge >= 0.3 is 0 Å². The first-order valence-electron chi connectivity index (χ1n) is 11.4. The molecule has 2 aromatic heterocycles. The Kier molecular flexibility index (Phi) is 5.82. The molecule has 164 valence electrons. The van der Waals surface area contributed by atoms with Crippen molar-refractivity contribution in [2.24, 2.45) is 0 Å². The first-order valence-corrected chi connectivity index (χ1v) is 12.2. The van der Waals surface area contributed by atoms with E-state index in [1.54, 1.807) is 0 Å². The molecule has 0 atom stereocenters. The van der Waals surface area contributed by atoms with Crippen LogP contribution >= 0.6 is 11.3 Å². The lowest BCUT2D eigenvalue weighted by molar-refractivity contribution is 0.0792. The normalized spacial score (nSPS) is 23.3. The maximum absolute atomic E-state index is 13.0. The molecule has 5 rings (SSSR count). The molecule has 3 heterocycles. The number of carbonyl (C=O) groups excluding carboxylic acids is 1. The summed E-state index contributed by atoms with van der Waals surface area (Å²) >= 11 is 1.54. The number of hydrogen-bond donors (Lipinski definition) is 1. The molecule has 1 saturated heterocycles. The molecule has 0 bridgehead atoms. The molecule has 6 nitrogen and oxygen atoms in total. The second-order valence-corrected chi connectivity index (χ2v) is 10.0. The molecule has 3 aromatic rings. The molecule has 0 unspecified atom stereocenters. The topological polar surface area (TPSA) is 53.4 Å². The number of benzene rings is 1. The highest BCUT2D eigenvalue weighted by molar-refractivity contribution is 7.20. The van der Waals surface area contributed by atoms with Crippen molar-refractivity contribution in [3.8, 4) is 5.69 Å². The van der Waals surface area contributed by atoms with E-state index in [1.807, 2.05) is 48.0 Å². The molecule has 31 heavy (non-hydrogen) atoms. The number of piperazine rings is 1. The molecule has 2 fully saturated rings. The van der Waals surface area contributed by atoms with Gasteiger partial charge < -0.3 is 10.2 Å². The number of nitrogens with one attached hydrogen (secondary N) is 1. The first-order chi connectivity index (χ1) is 15.1. The quantitative estimate of drug-likeness (QED) is 0.677. The van der Waals surface area contributed by atoms with Crippen LogP contribution in [0.1, 0.15) is 41.0 Å². The second-order valence-electron chi connectivity index (χ2n) is 8.98. The molecule has 0 radical (unpaired) electrons. The predicted octanol–water partition coefficient (Wildman–Crippen LogP) is 3.68. The van der Waals surface area contributed by atoms with Crippen LogP contribution in [0.4, 0.5) is 0 Å². The lowest BCUT2D eigenvalue weighted by Gasteiger charge is -2.41. The molecule has 1 amide bonds. The predicted molar refractivity (Wildman–Crippen MR) is 126 cm³/mol. The van der Waals surface area contributed by atoms with Crippen molar-refractivity contribution in [1.29, 1.82) is 0 Å². The maximum Gasteiger partial charge on any atom is 0.261 e. The fraction of sp³-hybridized carbons (Fsp3) is 0.500. The van der Waals surface area contributed by atoms with Crippen LogP contribution in [0.5, 0.6) is 0 Å². The summed E-state index contributed by atoms with van der Waals surface area (Å²) in [6, 6.07) is 13.1. The summed E-state index contributed by atoms with van der Waals surface area (Å²) < 4.78 is 1.95. The fourth-order valence-electron chi connectivity index (χ4n) is 4.93.